The van der Waals surface area contributed by atoms with Gasteiger partial charge in [-0.1, -0.05) is 48.1 Å². The second kappa shape index (κ2) is 11.2. The Bertz CT molecular complexity index is 306. The van der Waals surface area contributed by atoms with Crippen molar-refractivity contribution in [1.29, 1.82) is 0 Å². The molecule has 1 rings (SSSR count). The predicted molar refractivity (Wildman–Crippen MR) is 79.3 cm³/mol. The van der Waals surface area contributed by atoms with Crippen LogP contribution in [0.5, 0.6) is 0 Å². The van der Waals surface area contributed by atoms with E-state index in [1.165, 1.54) is 36.8 Å². The molecule has 1 aromatic carbocycles. The molecule has 0 nitrogen and oxygen atoms in total. The second-order valence-electron chi connectivity index (χ2n) is 4.24. The molecule has 1 aromatic rings. The van der Waals surface area contributed by atoms with Gasteiger partial charge >= 0.3 is 0 Å². The van der Waals surface area contributed by atoms with Crippen LogP contribution in [0.15, 0.2) is 54.6 Å². The molecule has 0 aromatic heterocycles. The van der Waals surface area contributed by atoms with Gasteiger partial charge in [-0.2, -0.15) is 0 Å². The number of hydrogen-bond donors (Lipinski definition) is 0. The third-order valence-electron chi connectivity index (χ3n) is 2.62. The molecule has 0 saturated carbocycles. The quantitative estimate of drug-likeness (QED) is 0.459. The highest BCUT2D eigenvalue weighted by Crippen LogP contribution is 2.10. The average Bonchev–Trinajstić information content (AvgIpc) is 2.36. The Morgan fingerprint density at radius 2 is 1.71 bits per heavy atom. The first-order valence-corrected chi connectivity index (χ1v) is 6.47. The average molecular weight is 230 g/mol. The Hall–Kier alpha value is -1.30. The molecule has 0 fully saturated rings. The highest BCUT2D eigenvalue weighted by molar-refractivity contribution is 5.14. The Morgan fingerprint density at radius 1 is 1.12 bits per heavy atom. The number of rotatable bonds is 5. The van der Waals surface area contributed by atoms with Crippen LogP contribution in [-0.2, 0) is 6.42 Å². The third kappa shape index (κ3) is 9.62. The normalized spacial score (nSPS) is 10.4. The predicted octanol–water partition coefficient (Wildman–Crippen LogP) is 5.56. The molecule has 0 spiro atoms. The van der Waals surface area contributed by atoms with Crippen LogP contribution in [0.3, 0.4) is 0 Å². The summed E-state index contributed by atoms with van der Waals surface area (Å²) < 4.78 is 0. The fourth-order valence-corrected chi connectivity index (χ4v) is 1.52. The fourth-order valence-electron chi connectivity index (χ4n) is 1.52. The zero-order valence-electron chi connectivity index (χ0n) is 11.6. The molecule has 0 radical (unpaired) electrons. The van der Waals surface area contributed by atoms with Crippen LogP contribution < -0.4 is 0 Å². The van der Waals surface area contributed by atoms with E-state index in [1.807, 2.05) is 6.92 Å². The number of allylic oxidation sites excluding steroid dienone is 3. The van der Waals surface area contributed by atoms with E-state index in [1.54, 1.807) is 6.08 Å². The maximum absolute atomic E-state index is 3.36. The fraction of sp³-hybridized carbons (Fsp3) is 0.412. The summed E-state index contributed by atoms with van der Waals surface area (Å²) >= 11 is 0. The molecule has 0 aliphatic rings. The second-order valence-corrected chi connectivity index (χ2v) is 4.24. The van der Waals surface area contributed by atoms with E-state index in [9.17, 15) is 0 Å². The smallest absolute Gasteiger partial charge is 0.0279 e. The van der Waals surface area contributed by atoms with Gasteiger partial charge in [0.2, 0.25) is 0 Å². The van der Waals surface area contributed by atoms with E-state index < -0.39 is 0 Å². The van der Waals surface area contributed by atoms with Gasteiger partial charge in [0.1, 0.15) is 0 Å². The number of aryl methyl sites for hydroxylation is 1. The van der Waals surface area contributed by atoms with E-state index in [-0.39, 0.29) is 0 Å². The van der Waals surface area contributed by atoms with Gasteiger partial charge < -0.3 is 0 Å². The first-order chi connectivity index (χ1) is 8.24. The Labute approximate surface area is 107 Å². The third-order valence-corrected chi connectivity index (χ3v) is 2.62. The van der Waals surface area contributed by atoms with Crippen molar-refractivity contribution in [3.8, 4) is 0 Å². The van der Waals surface area contributed by atoms with Gasteiger partial charge in [-0.25, -0.2) is 0 Å². The number of hydrogen-bond acceptors (Lipinski definition) is 0. The molecule has 0 heterocycles. The summed E-state index contributed by atoms with van der Waals surface area (Å²) in [6.45, 7) is 9.58. The van der Waals surface area contributed by atoms with Crippen LogP contribution in [-0.4, -0.2) is 0 Å². The van der Waals surface area contributed by atoms with Crippen molar-refractivity contribution in [2.75, 3.05) is 0 Å². The van der Waals surface area contributed by atoms with Crippen molar-refractivity contribution >= 4 is 0 Å². The SMILES string of the molecule is C/C=C(\C)CCCCc1ccccc1.C=CC. The molecule has 0 aliphatic heterocycles. The molecule has 17 heavy (non-hydrogen) atoms. The summed E-state index contributed by atoms with van der Waals surface area (Å²) in [4.78, 5) is 0. The van der Waals surface area contributed by atoms with Gasteiger partial charge in [0.25, 0.3) is 0 Å². The lowest BCUT2D eigenvalue weighted by molar-refractivity contribution is 0.729. The summed E-state index contributed by atoms with van der Waals surface area (Å²) in [7, 11) is 0. The molecular formula is C17H26. The number of benzene rings is 1. The van der Waals surface area contributed by atoms with Crippen LogP contribution in [0, 0.1) is 0 Å². The highest BCUT2D eigenvalue weighted by atomic mass is 14.0. The molecule has 0 amide bonds. The molecular weight excluding hydrogens is 204 g/mol. The van der Waals surface area contributed by atoms with Gasteiger partial charge in [0.15, 0.2) is 0 Å². The summed E-state index contributed by atoms with van der Waals surface area (Å²) in [6.07, 6.45) is 9.05. The lowest BCUT2D eigenvalue weighted by atomic mass is 10.0. The zero-order valence-corrected chi connectivity index (χ0v) is 11.6. The molecule has 0 heteroatoms. The molecule has 0 N–H and O–H groups in total. The van der Waals surface area contributed by atoms with Gasteiger partial charge in [-0.3, -0.25) is 0 Å². The topological polar surface area (TPSA) is 0 Å². The van der Waals surface area contributed by atoms with Crippen LogP contribution >= 0.6 is 0 Å². The first-order valence-electron chi connectivity index (χ1n) is 6.47. The Balaban J connectivity index is 0.000000770. The first kappa shape index (κ1) is 15.7. The molecule has 94 valence electrons. The minimum atomic E-state index is 1.22. The van der Waals surface area contributed by atoms with Crippen LogP contribution in [0.25, 0.3) is 0 Å². The summed E-state index contributed by atoms with van der Waals surface area (Å²) in [5, 5.41) is 0. The zero-order chi connectivity index (χ0) is 12.9. The van der Waals surface area contributed by atoms with Gasteiger partial charge in [-0.15, -0.1) is 6.58 Å². The van der Waals surface area contributed by atoms with E-state index in [4.69, 9.17) is 0 Å². The van der Waals surface area contributed by atoms with Crippen molar-refractivity contribution in [2.24, 2.45) is 0 Å². The molecule has 0 aliphatic carbocycles. The van der Waals surface area contributed by atoms with Gasteiger partial charge in [0, 0.05) is 0 Å². The van der Waals surface area contributed by atoms with Crippen molar-refractivity contribution in [3.05, 3.63) is 60.2 Å². The lowest BCUT2D eigenvalue weighted by Gasteiger charge is -2.01. The van der Waals surface area contributed by atoms with Crippen molar-refractivity contribution < 1.29 is 0 Å². The lowest BCUT2D eigenvalue weighted by Crippen LogP contribution is -1.85. The summed E-state index contributed by atoms with van der Waals surface area (Å²) in [6, 6.07) is 10.7. The summed E-state index contributed by atoms with van der Waals surface area (Å²) in [5.74, 6) is 0. The van der Waals surface area contributed by atoms with Crippen molar-refractivity contribution in [1.82, 2.24) is 0 Å². The van der Waals surface area contributed by atoms with Gasteiger partial charge in [0.05, 0.1) is 0 Å². The monoisotopic (exact) mass is 230 g/mol. The van der Waals surface area contributed by atoms with E-state index in [0.717, 1.165) is 0 Å². The van der Waals surface area contributed by atoms with Crippen molar-refractivity contribution in [2.45, 2.75) is 46.5 Å². The Morgan fingerprint density at radius 3 is 2.24 bits per heavy atom. The van der Waals surface area contributed by atoms with E-state index in [2.05, 4.69) is 56.8 Å². The molecule has 0 bridgehead atoms. The van der Waals surface area contributed by atoms with Crippen LogP contribution in [0.1, 0.15) is 45.6 Å². The molecule has 0 saturated heterocycles. The van der Waals surface area contributed by atoms with Crippen LogP contribution in [0.2, 0.25) is 0 Å². The number of unbranched alkanes of at least 4 members (excludes halogenated alkanes) is 1. The van der Waals surface area contributed by atoms with Crippen molar-refractivity contribution in [3.63, 3.8) is 0 Å². The maximum atomic E-state index is 3.36. The van der Waals surface area contributed by atoms with Crippen LogP contribution in [0.4, 0.5) is 0 Å². The minimum Gasteiger partial charge on any atom is -0.103 e. The highest BCUT2D eigenvalue weighted by Gasteiger charge is 1.93. The maximum Gasteiger partial charge on any atom is -0.0279 e. The molecule has 0 atom stereocenters. The Kier molecular flexibility index (Phi) is 10.3. The van der Waals surface area contributed by atoms with E-state index in [0.29, 0.717) is 0 Å². The van der Waals surface area contributed by atoms with Gasteiger partial charge in [-0.05, 0) is 52.0 Å². The van der Waals surface area contributed by atoms with E-state index >= 15 is 0 Å². The minimum absolute atomic E-state index is 1.22. The standard InChI is InChI=1S/C14H20.C3H6/c1-3-13(2)9-7-8-12-14-10-5-4-6-11-14;1-3-2/h3-6,10-11H,7-9,12H2,1-2H3;3H,1H2,2H3/b13-3+;. The molecule has 0 unspecified atom stereocenters. The summed E-state index contributed by atoms with van der Waals surface area (Å²) in [5.41, 5.74) is 2.98. The largest absolute Gasteiger partial charge is 0.103 e.